The predicted molar refractivity (Wildman–Crippen MR) is 95.4 cm³/mol. The quantitative estimate of drug-likeness (QED) is 0.629. The summed E-state index contributed by atoms with van der Waals surface area (Å²) in [6.07, 6.45) is 0.0107. The van der Waals surface area contributed by atoms with Crippen molar-refractivity contribution < 1.29 is 9.15 Å². The topological polar surface area (TPSA) is 71.7 Å². The number of ether oxygens (including phenoxy) is 1. The van der Waals surface area contributed by atoms with Gasteiger partial charge in [0.25, 0.3) is 0 Å². The van der Waals surface area contributed by atoms with E-state index in [0.717, 1.165) is 17.2 Å². The highest BCUT2D eigenvalue weighted by molar-refractivity contribution is 5.79. The van der Waals surface area contributed by atoms with E-state index in [2.05, 4.69) is 20.6 Å². The zero-order valence-electron chi connectivity index (χ0n) is 15.0. The molecule has 6 heteroatoms. The number of guanidine groups is 1. The highest BCUT2D eigenvalue weighted by Gasteiger charge is 2.08. The van der Waals surface area contributed by atoms with Crippen LogP contribution in [0.25, 0.3) is 0 Å². The largest absolute Gasteiger partial charge is 0.489 e. The van der Waals surface area contributed by atoms with E-state index >= 15 is 0 Å². The lowest BCUT2D eigenvalue weighted by molar-refractivity contribution is 0.223. The Kier molecular flexibility index (Phi) is 6.23. The van der Waals surface area contributed by atoms with Gasteiger partial charge >= 0.3 is 0 Å². The van der Waals surface area contributed by atoms with Crippen LogP contribution in [0.15, 0.2) is 33.7 Å². The Balaban J connectivity index is 1.78. The Morgan fingerprint density at radius 3 is 2.71 bits per heavy atom. The monoisotopic (exact) mass is 330 g/mol. The Morgan fingerprint density at radius 1 is 1.29 bits per heavy atom. The Labute approximate surface area is 143 Å². The SMILES string of the molecule is CN=C(NCc1nc(C)c(C)o1)NCC(C)Oc1cccc(C)c1. The van der Waals surface area contributed by atoms with Crippen LogP contribution in [-0.2, 0) is 6.54 Å². The van der Waals surface area contributed by atoms with E-state index in [-0.39, 0.29) is 6.10 Å². The number of benzene rings is 1. The first-order chi connectivity index (χ1) is 11.5. The Hall–Kier alpha value is -2.50. The van der Waals surface area contributed by atoms with Crippen molar-refractivity contribution in [3.8, 4) is 5.75 Å². The van der Waals surface area contributed by atoms with E-state index in [9.17, 15) is 0 Å². The smallest absolute Gasteiger partial charge is 0.214 e. The van der Waals surface area contributed by atoms with E-state index in [1.54, 1.807) is 7.05 Å². The number of aromatic nitrogens is 1. The number of hydrogen-bond acceptors (Lipinski definition) is 4. The van der Waals surface area contributed by atoms with Crippen molar-refractivity contribution >= 4 is 5.96 Å². The second kappa shape index (κ2) is 8.38. The molecule has 0 saturated heterocycles. The molecule has 0 radical (unpaired) electrons. The van der Waals surface area contributed by atoms with Gasteiger partial charge in [0, 0.05) is 7.05 Å². The number of rotatable bonds is 6. The molecule has 2 aromatic rings. The minimum atomic E-state index is 0.0107. The standard InChI is InChI=1S/C18H26N4O2/c1-12-7-6-8-16(9-12)23-13(2)10-20-18(19-5)21-11-17-22-14(3)15(4)24-17/h6-9,13H,10-11H2,1-5H3,(H2,19,20,21). The molecule has 6 nitrogen and oxygen atoms in total. The third-order valence-electron chi connectivity index (χ3n) is 3.59. The first kappa shape index (κ1) is 17.8. The first-order valence-electron chi connectivity index (χ1n) is 8.08. The molecule has 1 atom stereocenters. The van der Waals surface area contributed by atoms with Gasteiger partial charge in [-0.2, -0.15) is 0 Å². The fourth-order valence-corrected chi connectivity index (χ4v) is 2.20. The molecule has 0 bridgehead atoms. The first-order valence-corrected chi connectivity index (χ1v) is 8.08. The number of nitrogens with one attached hydrogen (secondary N) is 2. The third kappa shape index (κ3) is 5.30. The zero-order chi connectivity index (χ0) is 17.5. The van der Waals surface area contributed by atoms with E-state index in [0.29, 0.717) is 24.9 Å². The van der Waals surface area contributed by atoms with Crippen molar-refractivity contribution in [2.45, 2.75) is 40.3 Å². The summed E-state index contributed by atoms with van der Waals surface area (Å²) in [5.41, 5.74) is 2.09. The predicted octanol–water partition coefficient (Wildman–Crippen LogP) is 2.73. The van der Waals surface area contributed by atoms with Crippen LogP contribution in [0.3, 0.4) is 0 Å². The molecular weight excluding hydrogens is 304 g/mol. The molecule has 1 unspecified atom stereocenters. The molecule has 24 heavy (non-hydrogen) atoms. The number of aryl methyl sites for hydroxylation is 3. The van der Waals surface area contributed by atoms with Crippen LogP contribution in [-0.4, -0.2) is 30.6 Å². The van der Waals surface area contributed by atoms with Crippen molar-refractivity contribution in [3.05, 3.63) is 47.2 Å². The number of nitrogens with zero attached hydrogens (tertiary/aromatic N) is 2. The summed E-state index contributed by atoms with van der Waals surface area (Å²) < 4.78 is 11.4. The van der Waals surface area contributed by atoms with Crippen LogP contribution >= 0.6 is 0 Å². The maximum absolute atomic E-state index is 5.90. The van der Waals surface area contributed by atoms with Crippen molar-refractivity contribution in [1.82, 2.24) is 15.6 Å². The van der Waals surface area contributed by atoms with Gasteiger partial charge in [0.1, 0.15) is 17.6 Å². The molecule has 0 amide bonds. The van der Waals surface area contributed by atoms with Crippen LogP contribution in [0.4, 0.5) is 0 Å². The van der Waals surface area contributed by atoms with Gasteiger partial charge in [-0.05, 0) is 45.4 Å². The highest BCUT2D eigenvalue weighted by Crippen LogP contribution is 2.13. The molecular formula is C18H26N4O2. The molecule has 2 rings (SSSR count). The van der Waals surface area contributed by atoms with E-state index in [4.69, 9.17) is 9.15 Å². The molecule has 0 fully saturated rings. The second-order valence-electron chi connectivity index (χ2n) is 5.80. The summed E-state index contributed by atoms with van der Waals surface area (Å²) in [6, 6.07) is 8.03. The highest BCUT2D eigenvalue weighted by atomic mass is 16.5. The molecule has 0 saturated carbocycles. The summed E-state index contributed by atoms with van der Waals surface area (Å²) in [7, 11) is 1.73. The number of oxazole rings is 1. The molecule has 1 heterocycles. The van der Waals surface area contributed by atoms with Crippen LogP contribution in [0.5, 0.6) is 5.75 Å². The Bertz CT molecular complexity index is 675. The minimum Gasteiger partial charge on any atom is -0.489 e. The normalized spacial score (nSPS) is 12.8. The van der Waals surface area contributed by atoms with Crippen LogP contribution < -0.4 is 15.4 Å². The number of hydrogen-bond donors (Lipinski definition) is 2. The second-order valence-corrected chi connectivity index (χ2v) is 5.80. The van der Waals surface area contributed by atoms with Crippen LogP contribution in [0, 0.1) is 20.8 Å². The summed E-state index contributed by atoms with van der Waals surface area (Å²) in [4.78, 5) is 8.53. The fraction of sp³-hybridized carbons (Fsp3) is 0.444. The lowest BCUT2D eigenvalue weighted by atomic mass is 10.2. The molecule has 2 N–H and O–H groups in total. The lowest BCUT2D eigenvalue weighted by Crippen LogP contribution is -2.41. The summed E-state index contributed by atoms with van der Waals surface area (Å²) in [5.74, 6) is 3.05. The van der Waals surface area contributed by atoms with E-state index in [1.807, 2.05) is 52.0 Å². The van der Waals surface area contributed by atoms with Crippen LogP contribution in [0.1, 0.15) is 29.8 Å². The van der Waals surface area contributed by atoms with E-state index < -0.39 is 0 Å². The third-order valence-corrected chi connectivity index (χ3v) is 3.59. The fourth-order valence-electron chi connectivity index (χ4n) is 2.20. The summed E-state index contributed by atoms with van der Waals surface area (Å²) in [5, 5.41) is 6.42. The van der Waals surface area contributed by atoms with Crippen molar-refractivity contribution in [3.63, 3.8) is 0 Å². The maximum atomic E-state index is 5.90. The maximum Gasteiger partial charge on any atom is 0.214 e. The van der Waals surface area contributed by atoms with E-state index in [1.165, 1.54) is 5.56 Å². The molecule has 130 valence electrons. The van der Waals surface area contributed by atoms with Crippen molar-refractivity contribution in [2.75, 3.05) is 13.6 Å². The molecule has 0 aliphatic rings. The number of aliphatic imine (C=N–C) groups is 1. The van der Waals surface area contributed by atoms with Gasteiger partial charge in [-0.15, -0.1) is 0 Å². The van der Waals surface area contributed by atoms with Crippen molar-refractivity contribution in [2.24, 2.45) is 4.99 Å². The van der Waals surface area contributed by atoms with Gasteiger partial charge in [-0.3, -0.25) is 4.99 Å². The lowest BCUT2D eigenvalue weighted by Gasteiger charge is -2.17. The minimum absolute atomic E-state index is 0.0107. The zero-order valence-corrected chi connectivity index (χ0v) is 15.0. The van der Waals surface area contributed by atoms with Gasteiger partial charge < -0.3 is 19.8 Å². The average Bonchev–Trinajstić information content (AvgIpc) is 2.86. The van der Waals surface area contributed by atoms with Gasteiger partial charge in [0.2, 0.25) is 5.89 Å². The molecule has 1 aromatic carbocycles. The molecule has 0 aliphatic carbocycles. The Morgan fingerprint density at radius 2 is 2.08 bits per heavy atom. The van der Waals surface area contributed by atoms with Crippen LogP contribution in [0.2, 0.25) is 0 Å². The summed E-state index contributed by atoms with van der Waals surface area (Å²) >= 11 is 0. The molecule has 0 aliphatic heterocycles. The molecule has 1 aromatic heterocycles. The summed E-state index contributed by atoms with van der Waals surface area (Å²) in [6.45, 7) is 9.03. The van der Waals surface area contributed by atoms with Gasteiger partial charge in [-0.1, -0.05) is 12.1 Å². The van der Waals surface area contributed by atoms with Gasteiger partial charge in [-0.25, -0.2) is 4.98 Å². The van der Waals surface area contributed by atoms with Gasteiger partial charge in [0.05, 0.1) is 18.8 Å². The average molecular weight is 330 g/mol. The molecule has 0 spiro atoms. The van der Waals surface area contributed by atoms with Gasteiger partial charge in [0.15, 0.2) is 5.96 Å². The van der Waals surface area contributed by atoms with Crippen molar-refractivity contribution in [1.29, 1.82) is 0 Å².